The zero-order valence-electron chi connectivity index (χ0n) is 29.8. The Labute approximate surface area is 285 Å². The fourth-order valence-corrected chi connectivity index (χ4v) is 5.35. The summed E-state index contributed by atoms with van der Waals surface area (Å²) in [6.45, 7) is 16.3. The van der Waals surface area contributed by atoms with Gasteiger partial charge in [0.15, 0.2) is 0 Å². The third kappa shape index (κ3) is 11.2. The van der Waals surface area contributed by atoms with Crippen molar-refractivity contribution < 1.29 is 28.7 Å². The van der Waals surface area contributed by atoms with Crippen molar-refractivity contribution in [2.24, 2.45) is 0 Å². The maximum atomic E-state index is 14.6. The van der Waals surface area contributed by atoms with E-state index in [9.17, 15) is 19.2 Å². The molecule has 0 spiro atoms. The molecule has 0 saturated heterocycles. The molecule has 3 aromatic carbocycles. The molecule has 0 aliphatic heterocycles. The molecule has 3 atom stereocenters. The second-order valence-electron chi connectivity index (χ2n) is 14.0. The van der Waals surface area contributed by atoms with E-state index in [1.807, 2.05) is 92.7 Å². The van der Waals surface area contributed by atoms with Crippen molar-refractivity contribution in [3.63, 3.8) is 0 Å². The molecule has 3 aromatic rings. The first-order chi connectivity index (χ1) is 22.5. The number of nitrogens with zero attached hydrogens (tertiary/aromatic N) is 1. The quantitative estimate of drug-likeness (QED) is 0.218. The van der Waals surface area contributed by atoms with Crippen LogP contribution in [0.15, 0.2) is 78.9 Å². The van der Waals surface area contributed by atoms with Crippen LogP contribution in [0.3, 0.4) is 0 Å². The van der Waals surface area contributed by atoms with Crippen LogP contribution in [0.1, 0.15) is 82.3 Å². The number of benzene rings is 3. The van der Waals surface area contributed by atoms with Crippen molar-refractivity contribution in [3.05, 3.63) is 107 Å². The molecule has 0 aromatic heterocycles. The lowest BCUT2D eigenvalue weighted by Crippen LogP contribution is -2.55. The highest BCUT2D eigenvalue weighted by Crippen LogP contribution is 2.28. The van der Waals surface area contributed by atoms with E-state index in [-0.39, 0.29) is 19.4 Å². The zero-order chi connectivity index (χ0) is 35.6. The Balaban J connectivity index is 2.08. The van der Waals surface area contributed by atoms with Gasteiger partial charge in [-0.1, -0.05) is 78.9 Å². The van der Waals surface area contributed by atoms with Crippen molar-refractivity contribution in [2.45, 2.75) is 104 Å². The van der Waals surface area contributed by atoms with Gasteiger partial charge in [0.2, 0.25) is 11.8 Å². The van der Waals surface area contributed by atoms with E-state index in [1.54, 1.807) is 48.5 Å². The van der Waals surface area contributed by atoms with E-state index in [2.05, 4.69) is 10.6 Å². The largest absolute Gasteiger partial charge is 0.458 e. The molecule has 3 amide bonds. The third-order valence-corrected chi connectivity index (χ3v) is 7.69. The minimum absolute atomic E-state index is 0.140. The molecule has 0 aliphatic rings. The number of hydrogen-bond donors (Lipinski definition) is 2. The molecule has 9 nitrogen and oxygen atoms in total. The van der Waals surface area contributed by atoms with E-state index in [0.717, 1.165) is 22.3 Å². The second-order valence-corrected chi connectivity index (χ2v) is 14.0. The van der Waals surface area contributed by atoms with Crippen molar-refractivity contribution in [1.29, 1.82) is 0 Å². The molecule has 0 bridgehead atoms. The lowest BCUT2D eigenvalue weighted by molar-refractivity contribution is -0.159. The van der Waals surface area contributed by atoms with Crippen molar-refractivity contribution in [1.82, 2.24) is 15.5 Å². The Morgan fingerprint density at radius 3 is 1.71 bits per heavy atom. The molecule has 0 radical (unpaired) electrons. The molecule has 0 saturated carbocycles. The topological polar surface area (TPSA) is 114 Å². The minimum Gasteiger partial charge on any atom is -0.458 e. The van der Waals surface area contributed by atoms with E-state index in [4.69, 9.17) is 9.47 Å². The lowest BCUT2D eigenvalue weighted by atomic mass is 9.94. The van der Waals surface area contributed by atoms with Crippen LogP contribution in [-0.2, 0) is 36.7 Å². The maximum absolute atomic E-state index is 14.6. The average molecular weight is 658 g/mol. The van der Waals surface area contributed by atoms with Crippen molar-refractivity contribution in [3.8, 4) is 0 Å². The van der Waals surface area contributed by atoms with Gasteiger partial charge in [-0.05, 0) is 90.1 Å². The normalized spacial score (nSPS) is 13.4. The molecule has 2 N–H and O–H groups in total. The molecule has 0 fully saturated rings. The van der Waals surface area contributed by atoms with E-state index >= 15 is 0 Å². The van der Waals surface area contributed by atoms with Crippen molar-refractivity contribution >= 4 is 23.9 Å². The van der Waals surface area contributed by atoms with Crippen LogP contribution in [-0.4, -0.2) is 58.6 Å². The van der Waals surface area contributed by atoms with E-state index in [0.29, 0.717) is 5.56 Å². The average Bonchev–Trinajstić information content (AvgIpc) is 2.99. The summed E-state index contributed by atoms with van der Waals surface area (Å²) in [5.74, 6) is -1.59. The first-order valence-corrected chi connectivity index (χ1v) is 16.5. The van der Waals surface area contributed by atoms with Gasteiger partial charge in [-0.3, -0.25) is 9.59 Å². The van der Waals surface area contributed by atoms with Crippen LogP contribution in [0.4, 0.5) is 4.79 Å². The van der Waals surface area contributed by atoms with Gasteiger partial charge in [0.25, 0.3) is 0 Å². The van der Waals surface area contributed by atoms with E-state index in [1.165, 1.54) is 4.90 Å². The van der Waals surface area contributed by atoms with Gasteiger partial charge in [0.05, 0.1) is 0 Å². The van der Waals surface area contributed by atoms with Gasteiger partial charge in [-0.15, -0.1) is 0 Å². The molecule has 0 aliphatic carbocycles. The number of aryl methyl sites for hydroxylation is 1. The standard InChI is InChI=1S/C39H51N3O6/c1-10-42(35(44)31(24-28-19-13-11-14-20-28)41-37(46)48-39(7,8)9)33(30-23-17-18-26(2)27(30)3)34(43)40-32(36(45)47-38(4,5)6)25-29-21-15-12-16-22-29/h11-23,31-33H,10,24-25H2,1-9H3,(H,40,43)(H,41,46). The first-order valence-electron chi connectivity index (χ1n) is 16.5. The highest BCUT2D eigenvalue weighted by molar-refractivity contribution is 5.94. The smallest absolute Gasteiger partial charge is 0.408 e. The molecular weight excluding hydrogens is 606 g/mol. The van der Waals surface area contributed by atoms with Gasteiger partial charge in [-0.25, -0.2) is 9.59 Å². The lowest BCUT2D eigenvalue weighted by Gasteiger charge is -2.35. The summed E-state index contributed by atoms with van der Waals surface area (Å²) in [5.41, 5.74) is 2.47. The maximum Gasteiger partial charge on any atom is 0.408 e. The first kappa shape index (κ1) is 37.8. The molecule has 3 rings (SSSR count). The molecule has 48 heavy (non-hydrogen) atoms. The highest BCUT2D eigenvalue weighted by atomic mass is 16.6. The summed E-state index contributed by atoms with van der Waals surface area (Å²) in [4.78, 5) is 57.1. The number of esters is 1. The number of nitrogens with one attached hydrogen (secondary N) is 2. The van der Waals surface area contributed by atoms with Crippen LogP contribution < -0.4 is 10.6 Å². The van der Waals surface area contributed by atoms with Crippen LogP contribution in [0.5, 0.6) is 0 Å². The second kappa shape index (κ2) is 16.4. The predicted octanol–water partition coefficient (Wildman–Crippen LogP) is 6.40. The van der Waals surface area contributed by atoms with E-state index < -0.39 is 53.2 Å². The number of ether oxygens (including phenoxy) is 2. The number of carbonyl (C=O) groups excluding carboxylic acids is 4. The number of alkyl carbamates (subject to hydrolysis) is 1. The van der Waals surface area contributed by atoms with Crippen LogP contribution in [0, 0.1) is 13.8 Å². The number of likely N-dealkylation sites (N-methyl/N-ethyl adjacent to an activating group) is 1. The molecular formula is C39H51N3O6. The number of rotatable bonds is 12. The summed E-state index contributed by atoms with van der Waals surface area (Å²) in [6.07, 6.45) is -0.378. The van der Waals surface area contributed by atoms with Gasteiger partial charge in [-0.2, -0.15) is 0 Å². The number of carbonyl (C=O) groups is 4. The summed E-state index contributed by atoms with van der Waals surface area (Å²) >= 11 is 0. The fourth-order valence-electron chi connectivity index (χ4n) is 5.35. The molecule has 3 unspecified atom stereocenters. The number of amides is 3. The molecule has 9 heteroatoms. The Kier molecular flexibility index (Phi) is 12.9. The Morgan fingerprint density at radius 2 is 1.21 bits per heavy atom. The van der Waals surface area contributed by atoms with Gasteiger partial charge < -0.3 is 25.0 Å². The number of hydrogen-bond acceptors (Lipinski definition) is 6. The summed E-state index contributed by atoms with van der Waals surface area (Å²) in [5, 5.41) is 5.71. The summed E-state index contributed by atoms with van der Waals surface area (Å²) < 4.78 is 11.2. The van der Waals surface area contributed by atoms with Crippen molar-refractivity contribution in [2.75, 3.05) is 6.54 Å². The Morgan fingerprint density at radius 1 is 0.688 bits per heavy atom. The minimum atomic E-state index is -1.12. The van der Waals surface area contributed by atoms with Crippen LogP contribution in [0.25, 0.3) is 0 Å². The third-order valence-electron chi connectivity index (χ3n) is 7.69. The van der Waals surface area contributed by atoms with Crippen LogP contribution in [0.2, 0.25) is 0 Å². The summed E-state index contributed by atoms with van der Waals surface area (Å²) in [7, 11) is 0. The predicted molar refractivity (Wildman–Crippen MR) is 187 cm³/mol. The summed E-state index contributed by atoms with van der Waals surface area (Å²) in [6, 6.07) is 21.1. The van der Waals surface area contributed by atoms with Crippen LogP contribution >= 0.6 is 0 Å². The monoisotopic (exact) mass is 657 g/mol. The van der Waals surface area contributed by atoms with Gasteiger partial charge in [0, 0.05) is 19.4 Å². The van der Waals surface area contributed by atoms with Gasteiger partial charge in [0.1, 0.15) is 29.3 Å². The highest BCUT2D eigenvalue weighted by Gasteiger charge is 2.38. The van der Waals surface area contributed by atoms with Gasteiger partial charge >= 0.3 is 12.1 Å². The fraction of sp³-hybridized carbons (Fsp3) is 0.436. The Bertz CT molecular complexity index is 1540. The molecule has 0 heterocycles. The Hall–Kier alpha value is -4.66. The SMILES string of the molecule is CCN(C(=O)C(Cc1ccccc1)NC(=O)OC(C)(C)C)C(C(=O)NC(Cc1ccccc1)C(=O)OC(C)(C)C)c1cccc(C)c1C. The molecule has 258 valence electrons. The zero-order valence-corrected chi connectivity index (χ0v) is 29.8.